The first kappa shape index (κ1) is 20.5. The van der Waals surface area contributed by atoms with E-state index in [4.69, 9.17) is 9.47 Å². The van der Waals surface area contributed by atoms with E-state index in [2.05, 4.69) is 15.3 Å². The number of ether oxygens (including phenoxy) is 2. The molecule has 2 heterocycles. The molecule has 0 fully saturated rings. The van der Waals surface area contributed by atoms with Gasteiger partial charge in [0.1, 0.15) is 17.3 Å². The highest BCUT2D eigenvalue weighted by Crippen LogP contribution is 2.38. The number of hydrogen-bond donors (Lipinski definition) is 2. The van der Waals surface area contributed by atoms with Crippen LogP contribution in [0.1, 0.15) is 29.7 Å². The van der Waals surface area contributed by atoms with Crippen LogP contribution < -0.4 is 19.8 Å². The molecule has 1 atom stereocenters. The first-order chi connectivity index (χ1) is 15.1. The van der Waals surface area contributed by atoms with Gasteiger partial charge in [-0.2, -0.15) is 0 Å². The van der Waals surface area contributed by atoms with Crippen molar-refractivity contribution in [2.45, 2.75) is 19.9 Å². The van der Waals surface area contributed by atoms with Crippen LogP contribution in [0.4, 0.5) is 5.82 Å². The zero-order valence-corrected chi connectivity index (χ0v) is 17.8. The SMILES string of the molecule is CCOc1ccc([C@@H](Nc2cc(C)cc[nH+]2)c2ccc3cccnc3c2O)cc1OC. The number of fused-ring (bicyclic) bond motifs is 1. The third-order valence-electron chi connectivity index (χ3n) is 5.17. The van der Waals surface area contributed by atoms with Crippen LogP contribution in [0.15, 0.2) is 67.0 Å². The van der Waals surface area contributed by atoms with E-state index in [-0.39, 0.29) is 11.8 Å². The number of anilines is 1. The molecule has 0 bridgehead atoms. The van der Waals surface area contributed by atoms with Crippen molar-refractivity contribution in [3.8, 4) is 17.2 Å². The zero-order valence-electron chi connectivity index (χ0n) is 17.8. The molecule has 2 aromatic carbocycles. The monoisotopic (exact) mass is 416 g/mol. The Morgan fingerprint density at radius 3 is 2.74 bits per heavy atom. The Labute approximate surface area is 181 Å². The molecule has 6 heteroatoms. The van der Waals surface area contributed by atoms with Gasteiger partial charge in [-0.05, 0) is 49.7 Å². The van der Waals surface area contributed by atoms with Crippen molar-refractivity contribution in [2.24, 2.45) is 0 Å². The van der Waals surface area contributed by atoms with Crippen molar-refractivity contribution in [3.63, 3.8) is 0 Å². The minimum atomic E-state index is -0.353. The number of nitrogens with zero attached hydrogens (tertiary/aromatic N) is 1. The van der Waals surface area contributed by atoms with Crippen molar-refractivity contribution in [3.05, 3.63) is 83.7 Å². The van der Waals surface area contributed by atoms with Gasteiger partial charge in [0.2, 0.25) is 0 Å². The molecule has 4 rings (SSSR count). The second-order valence-electron chi connectivity index (χ2n) is 7.28. The average molecular weight is 417 g/mol. The van der Waals surface area contributed by atoms with Gasteiger partial charge in [-0.1, -0.05) is 18.2 Å². The number of nitrogens with one attached hydrogen (secondary N) is 2. The van der Waals surface area contributed by atoms with Crippen LogP contribution in [-0.2, 0) is 0 Å². The summed E-state index contributed by atoms with van der Waals surface area (Å²) >= 11 is 0. The molecule has 0 saturated carbocycles. The number of hydrogen-bond acceptors (Lipinski definition) is 5. The number of rotatable bonds is 7. The van der Waals surface area contributed by atoms with Gasteiger partial charge in [-0.15, -0.1) is 0 Å². The van der Waals surface area contributed by atoms with E-state index < -0.39 is 0 Å². The van der Waals surface area contributed by atoms with Gasteiger partial charge in [-0.3, -0.25) is 10.3 Å². The van der Waals surface area contributed by atoms with Crippen LogP contribution in [0.3, 0.4) is 0 Å². The maximum Gasteiger partial charge on any atom is 0.273 e. The van der Waals surface area contributed by atoms with Crippen LogP contribution in [0.2, 0.25) is 0 Å². The third-order valence-corrected chi connectivity index (χ3v) is 5.17. The average Bonchev–Trinajstić information content (AvgIpc) is 2.79. The number of methoxy groups -OCH3 is 1. The fourth-order valence-corrected chi connectivity index (χ4v) is 3.68. The molecule has 0 unspecified atom stereocenters. The van der Waals surface area contributed by atoms with E-state index in [9.17, 15) is 5.11 Å². The highest BCUT2D eigenvalue weighted by atomic mass is 16.5. The van der Waals surface area contributed by atoms with Gasteiger partial charge in [0.25, 0.3) is 5.82 Å². The summed E-state index contributed by atoms with van der Waals surface area (Å²) in [4.78, 5) is 7.61. The Morgan fingerprint density at radius 2 is 1.97 bits per heavy atom. The molecular weight excluding hydrogens is 390 g/mol. The molecule has 0 amide bonds. The van der Waals surface area contributed by atoms with Crippen molar-refractivity contribution >= 4 is 16.7 Å². The normalized spacial score (nSPS) is 11.8. The molecule has 158 valence electrons. The number of aromatic amines is 1. The maximum atomic E-state index is 11.1. The van der Waals surface area contributed by atoms with Crippen LogP contribution in [0, 0.1) is 6.92 Å². The van der Waals surface area contributed by atoms with E-state index in [0.717, 1.165) is 22.3 Å². The van der Waals surface area contributed by atoms with Crippen molar-refractivity contribution in [2.75, 3.05) is 19.0 Å². The summed E-state index contributed by atoms with van der Waals surface area (Å²) in [5, 5.41) is 15.5. The number of pyridine rings is 2. The molecule has 0 radical (unpaired) electrons. The number of phenols is 1. The number of phenolic OH excluding ortho intramolecular Hbond substituents is 1. The topological polar surface area (TPSA) is 77.8 Å². The first-order valence-electron chi connectivity index (χ1n) is 10.2. The highest BCUT2D eigenvalue weighted by Gasteiger charge is 2.25. The molecule has 31 heavy (non-hydrogen) atoms. The second-order valence-corrected chi connectivity index (χ2v) is 7.28. The lowest BCUT2D eigenvalue weighted by molar-refractivity contribution is -0.361. The fraction of sp³-hybridized carbons (Fsp3) is 0.200. The minimum absolute atomic E-state index is 0.149. The number of H-pyrrole nitrogens is 1. The largest absolute Gasteiger partial charge is 0.505 e. The predicted molar refractivity (Wildman–Crippen MR) is 121 cm³/mol. The van der Waals surface area contributed by atoms with Gasteiger partial charge >= 0.3 is 0 Å². The molecule has 4 aromatic rings. The molecule has 0 aliphatic heterocycles. The first-order valence-corrected chi connectivity index (χ1v) is 10.2. The number of aromatic nitrogens is 2. The van der Waals surface area contributed by atoms with E-state index in [1.165, 1.54) is 0 Å². The van der Waals surface area contributed by atoms with E-state index in [1.807, 2.05) is 74.6 Å². The van der Waals surface area contributed by atoms with Crippen LogP contribution in [-0.4, -0.2) is 23.8 Å². The quantitative estimate of drug-likeness (QED) is 0.458. The van der Waals surface area contributed by atoms with Crippen molar-refractivity contribution < 1.29 is 19.6 Å². The molecule has 0 spiro atoms. The minimum Gasteiger partial charge on any atom is -0.505 e. The Hall–Kier alpha value is -3.80. The summed E-state index contributed by atoms with van der Waals surface area (Å²) in [5.41, 5.74) is 3.32. The van der Waals surface area contributed by atoms with Gasteiger partial charge in [-0.25, -0.2) is 4.98 Å². The lowest BCUT2D eigenvalue weighted by Crippen LogP contribution is -2.19. The second kappa shape index (κ2) is 8.92. The Kier molecular flexibility index (Phi) is 5.89. The zero-order chi connectivity index (χ0) is 21.8. The summed E-state index contributed by atoms with van der Waals surface area (Å²) in [6.07, 6.45) is 3.57. The van der Waals surface area contributed by atoms with Crippen molar-refractivity contribution in [1.29, 1.82) is 0 Å². The Bertz CT molecular complexity index is 1210. The molecular formula is C25H26N3O3+. The third kappa shape index (κ3) is 4.23. The highest BCUT2D eigenvalue weighted by molar-refractivity contribution is 5.86. The Morgan fingerprint density at radius 1 is 1.10 bits per heavy atom. The summed E-state index contributed by atoms with van der Waals surface area (Å²) in [5.74, 6) is 2.30. The van der Waals surface area contributed by atoms with E-state index in [0.29, 0.717) is 29.2 Å². The van der Waals surface area contributed by atoms with Crippen LogP contribution in [0.5, 0.6) is 17.2 Å². The summed E-state index contributed by atoms with van der Waals surface area (Å²) < 4.78 is 11.2. The molecule has 0 aliphatic carbocycles. The van der Waals surface area contributed by atoms with Gasteiger partial charge < -0.3 is 14.6 Å². The van der Waals surface area contributed by atoms with E-state index >= 15 is 0 Å². The summed E-state index contributed by atoms with van der Waals surface area (Å²) in [6.45, 7) is 4.52. The molecule has 6 nitrogen and oxygen atoms in total. The van der Waals surface area contributed by atoms with Gasteiger partial charge in [0, 0.05) is 28.8 Å². The van der Waals surface area contributed by atoms with Gasteiger partial charge in [0.05, 0.1) is 19.9 Å². The summed E-state index contributed by atoms with van der Waals surface area (Å²) in [6, 6.07) is 17.2. The van der Waals surface area contributed by atoms with E-state index in [1.54, 1.807) is 13.3 Å². The van der Waals surface area contributed by atoms with Gasteiger partial charge in [0.15, 0.2) is 11.5 Å². The van der Waals surface area contributed by atoms with Crippen molar-refractivity contribution in [1.82, 2.24) is 4.98 Å². The molecule has 3 N–H and O–H groups in total. The lowest BCUT2D eigenvalue weighted by Gasteiger charge is -2.19. The maximum absolute atomic E-state index is 11.1. The molecule has 2 aromatic heterocycles. The smallest absolute Gasteiger partial charge is 0.273 e. The molecule has 0 saturated heterocycles. The number of aromatic hydroxyl groups is 1. The number of benzene rings is 2. The summed E-state index contributed by atoms with van der Waals surface area (Å²) in [7, 11) is 1.62. The lowest BCUT2D eigenvalue weighted by atomic mass is 9.95. The Balaban J connectivity index is 1.85. The molecule has 0 aliphatic rings. The number of aryl methyl sites for hydroxylation is 1. The standard InChI is InChI=1S/C25H25N3O3/c1-4-31-20-10-8-18(15-21(20)30-3)23(28-22-14-16(2)11-13-26-22)19-9-7-17-6-5-12-27-24(17)25(19)29/h5-15,23,29H,4H2,1-3H3,(H,26,28)/p+1/t23-/m1/s1. The van der Waals surface area contributed by atoms with Crippen LogP contribution >= 0.6 is 0 Å². The predicted octanol–water partition coefficient (Wildman–Crippen LogP) is 4.67. The van der Waals surface area contributed by atoms with Crippen LogP contribution in [0.25, 0.3) is 10.9 Å². The fourth-order valence-electron chi connectivity index (χ4n) is 3.68.